The summed E-state index contributed by atoms with van der Waals surface area (Å²) in [4.78, 5) is 33.7. The first-order valence-electron chi connectivity index (χ1n) is 8.31. The molecule has 1 aromatic heterocycles. The maximum atomic E-state index is 12.4. The summed E-state index contributed by atoms with van der Waals surface area (Å²) in [6.07, 6.45) is 6.83. The van der Waals surface area contributed by atoms with E-state index in [0.29, 0.717) is 18.3 Å². The maximum Gasteiger partial charge on any atom is 0.270 e. The van der Waals surface area contributed by atoms with Crippen LogP contribution in [0.15, 0.2) is 10.9 Å². The number of hydrogen-bond donors (Lipinski definition) is 2. The number of carbonyl (C=O) groups excluding carboxylic acids is 1. The van der Waals surface area contributed by atoms with E-state index in [1.54, 1.807) is 0 Å². The Labute approximate surface area is 129 Å². The van der Waals surface area contributed by atoms with Crippen LogP contribution in [0.1, 0.15) is 60.8 Å². The van der Waals surface area contributed by atoms with Crippen molar-refractivity contribution in [2.24, 2.45) is 0 Å². The zero-order valence-electron chi connectivity index (χ0n) is 12.7. The summed E-state index contributed by atoms with van der Waals surface area (Å²) in [5.41, 5.74) is 0.170. The first-order valence-corrected chi connectivity index (χ1v) is 8.31. The molecule has 3 heterocycles. The third-order valence-corrected chi connectivity index (χ3v) is 5.35. The fraction of sp³-hybridized carbons (Fsp3) is 0.688. The van der Waals surface area contributed by atoms with E-state index in [1.807, 2.05) is 0 Å². The van der Waals surface area contributed by atoms with Crippen molar-refractivity contribution in [3.05, 3.63) is 27.9 Å². The van der Waals surface area contributed by atoms with Crippen molar-refractivity contribution in [2.45, 2.75) is 50.0 Å². The zero-order valence-corrected chi connectivity index (χ0v) is 12.7. The lowest BCUT2D eigenvalue weighted by molar-refractivity contribution is 0.0914. The van der Waals surface area contributed by atoms with Crippen LogP contribution in [0.25, 0.3) is 0 Å². The molecule has 1 amide bonds. The Morgan fingerprint density at radius 1 is 1.36 bits per heavy atom. The molecule has 3 fully saturated rings. The van der Waals surface area contributed by atoms with Gasteiger partial charge in [0.25, 0.3) is 11.5 Å². The predicted molar refractivity (Wildman–Crippen MR) is 81.9 cm³/mol. The molecule has 2 saturated heterocycles. The summed E-state index contributed by atoms with van der Waals surface area (Å²) >= 11 is 0. The van der Waals surface area contributed by atoms with Gasteiger partial charge in [0.15, 0.2) is 0 Å². The fourth-order valence-electron chi connectivity index (χ4n) is 3.99. The van der Waals surface area contributed by atoms with Crippen LogP contribution in [-0.2, 0) is 0 Å². The molecule has 2 aliphatic heterocycles. The number of carbonyl (C=O) groups is 1. The van der Waals surface area contributed by atoms with E-state index in [-0.39, 0.29) is 22.7 Å². The minimum absolute atomic E-state index is 0.149. The van der Waals surface area contributed by atoms with Crippen LogP contribution in [0.4, 0.5) is 0 Å². The molecule has 2 N–H and O–H groups in total. The number of H-pyrrole nitrogens is 1. The van der Waals surface area contributed by atoms with Gasteiger partial charge in [-0.05, 0) is 51.6 Å². The Hall–Kier alpha value is -1.69. The van der Waals surface area contributed by atoms with Gasteiger partial charge in [-0.2, -0.15) is 0 Å². The Morgan fingerprint density at radius 3 is 2.77 bits per heavy atom. The van der Waals surface area contributed by atoms with Crippen LogP contribution >= 0.6 is 0 Å². The highest BCUT2D eigenvalue weighted by atomic mass is 16.2. The lowest BCUT2D eigenvalue weighted by Crippen LogP contribution is -2.48. The van der Waals surface area contributed by atoms with Gasteiger partial charge < -0.3 is 10.3 Å². The summed E-state index contributed by atoms with van der Waals surface area (Å²) in [6, 6.07) is 1.31. The Balaban J connectivity index is 1.47. The smallest absolute Gasteiger partial charge is 0.270 e. The monoisotopic (exact) mass is 302 g/mol. The van der Waals surface area contributed by atoms with Crippen molar-refractivity contribution >= 4 is 5.91 Å². The molecule has 0 radical (unpaired) electrons. The lowest BCUT2D eigenvalue weighted by Gasteiger charge is -2.32. The van der Waals surface area contributed by atoms with Gasteiger partial charge in [0.1, 0.15) is 11.5 Å². The van der Waals surface area contributed by atoms with Crippen molar-refractivity contribution in [3.8, 4) is 0 Å². The van der Waals surface area contributed by atoms with Crippen LogP contribution in [0.2, 0.25) is 0 Å². The highest BCUT2D eigenvalue weighted by Crippen LogP contribution is 2.38. The van der Waals surface area contributed by atoms with E-state index in [2.05, 4.69) is 20.2 Å². The number of aromatic nitrogens is 2. The van der Waals surface area contributed by atoms with Gasteiger partial charge in [-0.1, -0.05) is 0 Å². The lowest BCUT2D eigenvalue weighted by atomic mass is 9.94. The van der Waals surface area contributed by atoms with Gasteiger partial charge >= 0.3 is 0 Å². The minimum Gasteiger partial charge on any atom is -0.349 e. The number of nitrogens with zero attached hydrogens (tertiary/aromatic N) is 2. The molecule has 1 aliphatic carbocycles. The van der Waals surface area contributed by atoms with Gasteiger partial charge in [-0.15, -0.1) is 0 Å². The second-order valence-corrected chi connectivity index (χ2v) is 6.89. The Kier molecular flexibility index (Phi) is 3.29. The molecule has 6 heteroatoms. The maximum absolute atomic E-state index is 12.4. The molecule has 0 aromatic carbocycles. The van der Waals surface area contributed by atoms with E-state index in [4.69, 9.17) is 0 Å². The summed E-state index contributed by atoms with van der Waals surface area (Å²) in [5, 5.41) is 3.02. The highest BCUT2D eigenvalue weighted by Gasteiger charge is 2.44. The highest BCUT2D eigenvalue weighted by molar-refractivity contribution is 5.92. The molecule has 3 aliphatic rings. The standard InChI is InChI=1S/C16H22N4O2/c21-13-9-12(18-14(19-13)11-3-4-11)15(22)17-10-16-5-1-7-20(16)8-2-6-16/h9,11H,1-8,10H2,(H,17,22)(H,18,19,21). The molecule has 0 spiro atoms. The molecule has 0 atom stereocenters. The second kappa shape index (κ2) is 5.19. The van der Waals surface area contributed by atoms with Gasteiger partial charge in [0.05, 0.1) is 0 Å². The van der Waals surface area contributed by atoms with Gasteiger partial charge in [0, 0.05) is 24.1 Å². The topological polar surface area (TPSA) is 78.1 Å². The number of fused-ring (bicyclic) bond motifs is 1. The van der Waals surface area contributed by atoms with Crippen molar-refractivity contribution < 1.29 is 4.79 Å². The van der Waals surface area contributed by atoms with E-state index in [0.717, 1.165) is 38.8 Å². The molecule has 22 heavy (non-hydrogen) atoms. The summed E-state index contributed by atoms with van der Waals surface area (Å²) in [6.45, 7) is 2.95. The van der Waals surface area contributed by atoms with Gasteiger partial charge in [-0.3, -0.25) is 14.5 Å². The molecule has 6 nitrogen and oxygen atoms in total. The number of rotatable bonds is 4. The molecule has 118 valence electrons. The third-order valence-electron chi connectivity index (χ3n) is 5.35. The SMILES string of the molecule is O=C(NCC12CCCN1CCC2)c1cc(=O)[nH]c(C2CC2)n1. The first kappa shape index (κ1) is 13.9. The van der Waals surface area contributed by atoms with Crippen molar-refractivity contribution in [2.75, 3.05) is 19.6 Å². The number of nitrogens with one attached hydrogen (secondary N) is 2. The second-order valence-electron chi connectivity index (χ2n) is 6.89. The van der Waals surface area contributed by atoms with E-state index < -0.39 is 0 Å². The van der Waals surface area contributed by atoms with E-state index in [9.17, 15) is 9.59 Å². The summed E-state index contributed by atoms with van der Waals surface area (Å²) in [5.74, 6) is 0.777. The summed E-state index contributed by atoms with van der Waals surface area (Å²) < 4.78 is 0. The van der Waals surface area contributed by atoms with Crippen LogP contribution in [-0.4, -0.2) is 45.9 Å². The van der Waals surface area contributed by atoms with Crippen LogP contribution in [0.3, 0.4) is 0 Å². The van der Waals surface area contributed by atoms with Crippen molar-refractivity contribution in [3.63, 3.8) is 0 Å². The molecular formula is C16H22N4O2. The van der Waals surface area contributed by atoms with Gasteiger partial charge in [0.2, 0.25) is 0 Å². The molecular weight excluding hydrogens is 280 g/mol. The number of hydrogen-bond acceptors (Lipinski definition) is 4. The van der Waals surface area contributed by atoms with E-state index in [1.165, 1.54) is 18.9 Å². The van der Waals surface area contributed by atoms with Crippen LogP contribution < -0.4 is 10.9 Å². The van der Waals surface area contributed by atoms with Crippen LogP contribution in [0.5, 0.6) is 0 Å². The third kappa shape index (κ3) is 2.45. The minimum atomic E-state index is -0.233. The number of amides is 1. The van der Waals surface area contributed by atoms with Crippen molar-refractivity contribution in [1.29, 1.82) is 0 Å². The van der Waals surface area contributed by atoms with Gasteiger partial charge in [-0.25, -0.2) is 4.98 Å². The number of aromatic amines is 1. The predicted octanol–water partition coefficient (Wildman–Crippen LogP) is 1.01. The first-order chi connectivity index (χ1) is 10.7. The fourth-order valence-corrected chi connectivity index (χ4v) is 3.99. The molecule has 1 aromatic rings. The molecule has 0 bridgehead atoms. The summed E-state index contributed by atoms with van der Waals surface area (Å²) in [7, 11) is 0. The molecule has 0 unspecified atom stereocenters. The molecule has 4 rings (SSSR count). The average Bonchev–Trinajstić information content (AvgIpc) is 3.16. The van der Waals surface area contributed by atoms with Crippen LogP contribution in [0, 0.1) is 0 Å². The van der Waals surface area contributed by atoms with E-state index >= 15 is 0 Å². The average molecular weight is 302 g/mol. The van der Waals surface area contributed by atoms with Crippen molar-refractivity contribution in [1.82, 2.24) is 20.2 Å². The Morgan fingerprint density at radius 2 is 2.09 bits per heavy atom. The zero-order chi connectivity index (χ0) is 15.2. The largest absolute Gasteiger partial charge is 0.349 e. The Bertz CT molecular complexity index is 640. The molecule has 1 saturated carbocycles. The quantitative estimate of drug-likeness (QED) is 0.870. The normalized spacial score (nSPS) is 23.5.